The first-order valence-corrected chi connectivity index (χ1v) is 4.89. The van der Waals surface area contributed by atoms with E-state index in [0.717, 1.165) is 0 Å². The maximum atomic E-state index is 5.64. The number of hydrogen-bond acceptors (Lipinski definition) is 4. The number of hydrogen-bond donors (Lipinski definition) is 2. The largest absolute Gasteiger partial charge is 0.446 e. The topological polar surface area (TPSA) is 80.7 Å². The zero-order valence-electron chi connectivity index (χ0n) is 7.49. The second-order valence-electron chi connectivity index (χ2n) is 2.94. The number of nitrogens with one attached hydrogen (secondary N) is 1. The minimum Gasteiger partial charge on any atom is -0.446 e. The third-order valence-electron chi connectivity index (χ3n) is 1.73. The lowest BCUT2D eigenvalue weighted by Crippen LogP contribution is -2.06. The molecular formula is C8H9BrN4O. The molecule has 0 aliphatic heterocycles. The summed E-state index contributed by atoms with van der Waals surface area (Å²) in [7, 11) is 0. The molecule has 0 saturated heterocycles. The molecule has 3 N–H and O–H groups in total. The van der Waals surface area contributed by atoms with Gasteiger partial charge in [0, 0.05) is 0 Å². The van der Waals surface area contributed by atoms with E-state index in [4.69, 9.17) is 10.2 Å². The van der Waals surface area contributed by atoms with Crippen molar-refractivity contribution < 1.29 is 4.42 Å². The summed E-state index contributed by atoms with van der Waals surface area (Å²) in [5.41, 5.74) is 5.64. The van der Waals surface area contributed by atoms with Gasteiger partial charge in [0.1, 0.15) is 5.82 Å². The van der Waals surface area contributed by atoms with Crippen molar-refractivity contribution >= 4 is 15.9 Å². The van der Waals surface area contributed by atoms with Crippen LogP contribution in [0.15, 0.2) is 21.2 Å². The quantitative estimate of drug-likeness (QED) is 0.860. The minimum atomic E-state index is -0.158. The number of nitrogens with two attached hydrogens (primary N) is 1. The maximum absolute atomic E-state index is 5.64. The van der Waals surface area contributed by atoms with Gasteiger partial charge >= 0.3 is 0 Å². The van der Waals surface area contributed by atoms with E-state index in [-0.39, 0.29) is 6.04 Å². The Kier molecular flexibility index (Phi) is 2.39. The number of nitrogens with zero attached hydrogens (tertiary/aromatic N) is 2. The molecule has 0 spiro atoms. The number of rotatable bonds is 2. The van der Waals surface area contributed by atoms with Crippen LogP contribution in [-0.2, 0) is 0 Å². The number of furan rings is 1. The van der Waals surface area contributed by atoms with Crippen molar-refractivity contribution in [1.29, 1.82) is 0 Å². The number of H-pyrrole nitrogens is 1. The van der Waals surface area contributed by atoms with Crippen molar-refractivity contribution in [3.05, 3.63) is 22.6 Å². The fourth-order valence-corrected chi connectivity index (χ4v) is 1.33. The maximum Gasteiger partial charge on any atom is 0.217 e. The Hall–Kier alpha value is -1.14. The fraction of sp³-hybridized carbons (Fsp3) is 0.250. The summed E-state index contributed by atoms with van der Waals surface area (Å²) < 4.78 is 5.95. The van der Waals surface area contributed by atoms with Gasteiger partial charge in [0.25, 0.3) is 0 Å². The molecule has 2 aromatic rings. The summed E-state index contributed by atoms with van der Waals surface area (Å²) in [6, 6.07) is 3.42. The molecule has 2 aromatic heterocycles. The van der Waals surface area contributed by atoms with Crippen LogP contribution < -0.4 is 5.73 Å². The third-order valence-corrected chi connectivity index (χ3v) is 2.15. The zero-order chi connectivity index (χ0) is 10.1. The lowest BCUT2D eigenvalue weighted by Gasteiger charge is -1.95. The molecule has 0 aliphatic rings. The predicted octanol–water partition coefficient (Wildman–Crippen LogP) is 1.85. The number of halogens is 1. The van der Waals surface area contributed by atoms with Crippen LogP contribution in [0.2, 0.25) is 0 Å². The molecule has 0 aromatic carbocycles. The zero-order valence-corrected chi connectivity index (χ0v) is 9.08. The Morgan fingerprint density at radius 1 is 1.57 bits per heavy atom. The average molecular weight is 257 g/mol. The highest BCUT2D eigenvalue weighted by molar-refractivity contribution is 9.10. The van der Waals surface area contributed by atoms with Crippen molar-refractivity contribution in [3.63, 3.8) is 0 Å². The van der Waals surface area contributed by atoms with Gasteiger partial charge < -0.3 is 10.2 Å². The highest BCUT2D eigenvalue weighted by Gasteiger charge is 2.11. The van der Waals surface area contributed by atoms with Gasteiger partial charge in [0.05, 0.1) is 6.04 Å². The van der Waals surface area contributed by atoms with Crippen LogP contribution in [0.3, 0.4) is 0 Å². The Morgan fingerprint density at radius 2 is 2.36 bits per heavy atom. The lowest BCUT2D eigenvalue weighted by atomic mass is 10.3. The van der Waals surface area contributed by atoms with Crippen molar-refractivity contribution in [2.45, 2.75) is 13.0 Å². The minimum absolute atomic E-state index is 0.158. The van der Waals surface area contributed by atoms with Crippen molar-refractivity contribution in [2.24, 2.45) is 5.73 Å². The molecule has 0 amide bonds. The monoisotopic (exact) mass is 256 g/mol. The van der Waals surface area contributed by atoms with Gasteiger partial charge in [-0.15, -0.1) is 5.10 Å². The van der Waals surface area contributed by atoms with Crippen LogP contribution in [0.1, 0.15) is 18.8 Å². The molecule has 0 aliphatic carbocycles. The summed E-state index contributed by atoms with van der Waals surface area (Å²) in [5, 5.41) is 6.74. The van der Waals surface area contributed by atoms with Crippen molar-refractivity contribution in [1.82, 2.24) is 15.2 Å². The molecular weight excluding hydrogens is 248 g/mol. The molecule has 0 saturated carbocycles. The van der Waals surface area contributed by atoms with Crippen LogP contribution in [0, 0.1) is 0 Å². The molecule has 74 valence electrons. The predicted molar refractivity (Wildman–Crippen MR) is 54.4 cm³/mol. The fourth-order valence-electron chi connectivity index (χ4n) is 1.02. The highest BCUT2D eigenvalue weighted by Crippen LogP contribution is 2.22. The smallest absolute Gasteiger partial charge is 0.217 e. The van der Waals surface area contributed by atoms with E-state index < -0.39 is 0 Å². The normalized spacial score (nSPS) is 13.1. The third kappa shape index (κ3) is 1.71. The first kappa shape index (κ1) is 9.42. The van der Waals surface area contributed by atoms with Gasteiger partial charge in [-0.1, -0.05) is 0 Å². The van der Waals surface area contributed by atoms with Crippen LogP contribution in [0.4, 0.5) is 0 Å². The molecule has 0 radical (unpaired) electrons. The number of aromatic nitrogens is 3. The van der Waals surface area contributed by atoms with E-state index in [1.54, 1.807) is 12.1 Å². The van der Waals surface area contributed by atoms with Gasteiger partial charge in [-0.3, -0.25) is 5.10 Å². The molecule has 0 fully saturated rings. The Morgan fingerprint density at radius 3 is 2.86 bits per heavy atom. The van der Waals surface area contributed by atoms with Crippen molar-refractivity contribution in [2.75, 3.05) is 0 Å². The van der Waals surface area contributed by atoms with Crippen LogP contribution >= 0.6 is 15.9 Å². The van der Waals surface area contributed by atoms with Crippen LogP contribution in [0.25, 0.3) is 11.6 Å². The second kappa shape index (κ2) is 3.55. The first-order valence-electron chi connectivity index (χ1n) is 4.10. The summed E-state index contributed by atoms with van der Waals surface area (Å²) in [4.78, 5) is 4.19. The Balaban J connectivity index is 2.33. The average Bonchev–Trinajstić information content (AvgIpc) is 2.70. The van der Waals surface area contributed by atoms with E-state index in [1.807, 2.05) is 6.92 Å². The number of aromatic amines is 1. The van der Waals surface area contributed by atoms with E-state index in [9.17, 15) is 0 Å². The van der Waals surface area contributed by atoms with E-state index >= 15 is 0 Å². The van der Waals surface area contributed by atoms with Gasteiger partial charge in [0.15, 0.2) is 10.4 Å². The van der Waals surface area contributed by atoms with E-state index in [0.29, 0.717) is 22.1 Å². The Bertz CT molecular complexity index is 434. The second-order valence-corrected chi connectivity index (χ2v) is 3.72. The summed E-state index contributed by atoms with van der Waals surface area (Å²) >= 11 is 3.21. The summed E-state index contributed by atoms with van der Waals surface area (Å²) in [5.74, 6) is 1.77. The molecule has 0 bridgehead atoms. The standard InChI is InChI=1S/C8H9BrN4O/c1-4(10)7-11-8(13-12-7)5-2-3-6(9)14-5/h2-4H,10H2,1H3,(H,11,12,13)/t4-/m1/s1. The summed E-state index contributed by atoms with van der Waals surface area (Å²) in [6.07, 6.45) is 0. The van der Waals surface area contributed by atoms with Crippen molar-refractivity contribution in [3.8, 4) is 11.6 Å². The van der Waals surface area contributed by atoms with Crippen LogP contribution in [0.5, 0.6) is 0 Å². The molecule has 2 rings (SSSR count). The SMILES string of the molecule is C[C@@H](N)c1nc(-c2ccc(Br)o2)n[nH]1. The highest BCUT2D eigenvalue weighted by atomic mass is 79.9. The molecule has 1 atom stereocenters. The molecule has 2 heterocycles. The van der Waals surface area contributed by atoms with Gasteiger partial charge in [0.2, 0.25) is 5.82 Å². The van der Waals surface area contributed by atoms with Gasteiger partial charge in [-0.05, 0) is 35.0 Å². The molecule has 0 unspecified atom stereocenters. The van der Waals surface area contributed by atoms with Gasteiger partial charge in [-0.25, -0.2) is 4.98 Å². The lowest BCUT2D eigenvalue weighted by molar-refractivity contribution is 0.551. The first-order chi connectivity index (χ1) is 6.66. The Labute approximate surface area is 88.8 Å². The van der Waals surface area contributed by atoms with E-state index in [1.165, 1.54) is 0 Å². The molecule has 14 heavy (non-hydrogen) atoms. The van der Waals surface area contributed by atoms with Gasteiger partial charge in [-0.2, -0.15) is 0 Å². The summed E-state index contributed by atoms with van der Waals surface area (Å²) in [6.45, 7) is 1.84. The molecule has 6 heteroatoms. The molecule has 5 nitrogen and oxygen atoms in total. The van der Waals surface area contributed by atoms with E-state index in [2.05, 4.69) is 31.1 Å². The van der Waals surface area contributed by atoms with Crippen LogP contribution in [-0.4, -0.2) is 15.2 Å².